The summed E-state index contributed by atoms with van der Waals surface area (Å²) in [6.45, 7) is 8.48. The fraction of sp³-hybridized carbons (Fsp3) is 0.273. The van der Waals surface area contributed by atoms with Crippen molar-refractivity contribution in [3.8, 4) is 0 Å². The maximum Gasteiger partial charge on any atom is 0.292 e. The van der Waals surface area contributed by atoms with Crippen LogP contribution in [0, 0.1) is 20.8 Å². The number of hydrogen-bond donors (Lipinski definition) is 1. The van der Waals surface area contributed by atoms with Gasteiger partial charge in [0, 0.05) is 17.5 Å². The van der Waals surface area contributed by atoms with Crippen LogP contribution in [-0.2, 0) is 6.54 Å². The third-order valence-corrected chi connectivity index (χ3v) is 4.62. The zero-order valence-corrected chi connectivity index (χ0v) is 16.6. The molecule has 3 rings (SSSR count). The predicted octanol–water partition coefficient (Wildman–Crippen LogP) is 3.50. The van der Waals surface area contributed by atoms with E-state index in [1.54, 1.807) is 30.5 Å². The molecule has 1 N–H and O–H groups in total. The molecule has 2 aromatic carbocycles. The Morgan fingerprint density at radius 2 is 1.79 bits per heavy atom. The molecular weight excluding hydrogens is 352 g/mol. The lowest BCUT2D eigenvalue weighted by Gasteiger charge is -2.09. The second kappa shape index (κ2) is 8.17. The molecule has 1 aromatic heterocycles. The van der Waals surface area contributed by atoms with Crippen molar-refractivity contribution in [3.05, 3.63) is 74.7 Å². The van der Waals surface area contributed by atoms with Crippen molar-refractivity contribution in [2.75, 3.05) is 0 Å². The van der Waals surface area contributed by atoms with E-state index >= 15 is 0 Å². The Hall–Kier alpha value is -3.28. The van der Waals surface area contributed by atoms with Crippen LogP contribution in [0.2, 0.25) is 0 Å². The van der Waals surface area contributed by atoms with E-state index in [0.717, 1.165) is 23.1 Å². The van der Waals surface area contributed by atoms with E-state index < -0.39 is 5.91 Å². The van der Waals surface area contributed by atoms with Crippen LogP contribution in [-0.4, -0.2) is 21.9 Å². The van der Waals surface area contributed by atoms with E-state index in [2.05, 4.69) is 27.8 Å². The molecule has 6 nitrogen and oxygen atoms in total. The lowest BCUT2D eigenvalue weighted by atomic mass is 10.0. The number of amides is 1. The van der Waals surface area contributed by atoms with Gasteiger partial charge < -0.3 is 0 Å². The van der Waals surface area contributed by atoms with E-state index in [1.165, 1.54) is 10.2 Å². The first-order valence-electron chi connectivity index (χ1n) is 9.33. The summed E-state index contributed by atoms with van der Waals surface area (Å²) in [6.07, 6.45) is 2.39. The molecule has 0 saturated heterocycles. The van der Waals surface area contributed by atoms with Crippen LogP contribution in [0.5, 0.6) is 0 Å². The van der Waals surface area contributed by atoms with Crippen molar-refractivity contribution in [2.24, 2.45) is 5.10 Å². The number of fused-ring (bicyclic) bond motifs is 1. The minimum atomic E-state index is -0.445. The number of nitrogens with one attached hydrogen (secondary N) is 1. The molecule has 0 spiro atoms. The van der Waals surface area contributed by atoms with E-state index in [-0.39, 0.29) is 11.3 Å². The van der Waals surface area contributed by atoms with Crippen LogP contribution >= 0.6 is 0 Å². The largest absolute Gasteiger partial charge is 0.292 e. The standard InChI is InChI=1S/C22H24N4O2/c1-5-10-26-22(28)18-9-7-6-8-17(18)20(25-26)21(27)24-23-13-19-15(3)11-14(2)12-16(19)4/h6-9,11-13H,5,10H2,1-4H3,(H,24,27)/b23-13+. The van der Waals surface area contributed by atoms with Gasteiger partial charge in [-0.1, -0.05) is 42.8 Å². The third-order valence-electron chi connectivity index (χ3n) is 4.62. The number of aryl methyl sites for hydroxylation is 4. The molecule has 0 unspecified atom stereocenters. The molecule has 3 aromatic rings. The average Bonchev–Trinajstić information content (AvgIpc) is 2.66. The van der Waals surface area contributed by atoms with Gasteiger partial charge in [0.05, 0.1) is 11.6 Å². The summed E-state index contributed by atoms with van der Waals surface area (Å²) in [7, 11) is 0. The van der Waals surface area contributed by atoms with Crippen molar-refractivity contribution in [1.82, 2.24) is 15.2 Å². The fourth-order valence-corrected chi connectivity index (χ4v) is 3.37. The maximum atomic E-state index is 12.7. The summed E-state index contributed by atoms with van der Waals surface area (Å²) in [6, 6.07) is 11.2. The Balaban J connectivity index is 1.94. The highest BCUT2D eigenvalue weighted by Crippen LogP contribution is 2.15. The Kier molecular flexibility index (Phi) is 5.68. The van der Waals surface area contributed by atoms with Crippen molar-refractivity contribution in [2.45, 2.75) is 40.7 Å². The van der Waals surface area contributed by atoms with Crippen LogP contribution in [0.1, 0.15) is 46.1 Å². The first-order valence-corrected chi connectivity index (χ1v) is 9.33. The number of benzene rings is 2. The molecule has 28 heavy (non-hydrogen) atoms. The zero-order chi connectivity index (χ0) is 20.3. The molecule has 0 radical (unpaired) electrons. The summed E-state index contributed by atoms with van der Waals surface area (Å²) in [5.41, 5.74) is 6.89. The highest BCUT2D eigenvalue weighted by atomic mass is 16.2. The second-order valence-corrected chi connectivity index (χ2v) is 6.93. The maximum absolute atomic E-state index is 12.7. The van der Waals surface area contributed by atoms with Gasteiger partial charge >= 0.3 is 0 Å². The summed E-state index contributed by atoms with van der Waals surface area (Å²) < 4.78 is 1.34. The summed E-state index contributed by atoms with van der Waals surface area (Å²) >= 11 is 0. The normalized spacial score (nSPS) is 11.3. The molecule has 1 amide bonds. The van der Waals surface area contributed by atoms with E-state index in [9.17, 15) is 9.59 Å². The van der Waals surface area contributed by atoms with Gasteiger partial charge in [0.25, 0.3) is 11.5 Å². The van der Waals surface area contributed by atoms with E-state index in [0.29, 0.717) is 17.3 Å². The Labute approximate surface area is 163 Å². The highest BCUT2D eigenvalue weighted by Gasteiger charge is 2.16. The quantitative estimate of drug-likeness (QED) is 0.547. The molecule has 0 saturated carbocycles. The molecular formula is C22H24N4O2. The van der Waals surface area contributed by atoms with Gasteiger partial charge in [-0.3, -0.25) is 9.59 Å². The number of aromatic nitrogens is 2. The molecule has 6 heteroatoms. The van der Waals surface area contributed by atoms with Crippen molar-refractivity contribution < 1.29 is 4.79 Å². The number of hydrogen-bond acceptors (Lipinski definition) is 4. The van der Waals surface area contributed by atoms with Crippen LogP contribution in [0.3, 0.4) is 0 Å². The number of hydrazone groups is 1. The van der Waals surface area contributed by atoms with Gasteiger partial charge in [0.2, 0.25) is 0 Å². The number of carbonyl (C=O) groups excluding carboxylic acids is 1. The first-order chi connectivity index (χ1) is 13.4. The molecule has 0 bridgehead atoms. The SMILES string of the molecule is CCCn1nc(C(=O)N/N=C/c2c(C)cc(C)cc2C)c2ccccc2c1=O. The Morgan fingerprint density at radius 3 is 2.43 bits per heavy atom. The second-order valence-electron chi connectivity index (χ2n) is 6.93. The number of rotatable bonds is 5. The minimum Gasteiger partial charge on any atom is -0.267 e. The van der Waals surface area contributed by atoms with Crippen LogP contribution < -0.4 is 11.0 Å². The van der Waals surface area contributed by atoms with Crippen LogP contribution in [0.25, 0.3) is 10.8 Å². The van der Waals surface area contributed by atoms with E-state index in [1.807, 2.05) is 27.7 Å². The lowest BCUT2D eigenvalue weighted by Crippen LogP contribution is -2.29. The Bertz CT molecular complexity index is 1110. The van der Waals surface area contributed by atoms with Crippen molar-refractivity contribution in [1.29, 1.82) is 0 Å². The fourth-order valence-electron chi connectivity index (χ4n) is 3.37. The predicted molar refractivity (Wildman–Crippen MR) is 112 cm³/mol. The average molecular weight is 376 g/mol. The van der Waals surface area contributed by atoms with E-state index in [4.69, 9.17) is 0 Å². The lowest BCUT2D eigenvalue weighted by molar-refractivity contribution is 0.0949. The van der Waals surface area contributed by atoms with Crippen molar-refractivity contribution >= 4 is 22.9 Å². The van der Waals surface area contributed by atoms with Gasteiger partial charge in [-0.2, -0.15) is 10.2 Å². The number of carbonyl (C=O) groups is 1. The molecule has 0 aliphatic heterocycles. The minimum absolute atomic E-state index is 0.191. The smallest absolute Gasteiger partial charge is 0.267 e. The topological polar surface area (TPSA) is 76.3 Å². The summed E-state index contributed by atoms with van der Waals surface area (Å²) in [4.78, 5) is 25.3. The van der Waals surface area contributed by atoms with Gasteiger partial charge in [0.1, 0.15) is 0 Å². The summed E-state index contributed by atoms with van der Waals surface area (Å²) in [5.74, 6) is -0.445. The zero-order valence-electron chi connectivity index (χ0n) is 16.6. The molecule has 0 aliphatic carbocycles. The molecule has 144 valence electrons. The Morgan fingerprint density at radius 1 is 1.14 bits per heavy atom. The first kappa shape index (κ1) is 19.5. The molecule has 0 atom stereocenters. The number of nitrogens with zero attached hydrogens (tertiary/aromatic N) is 3. The van der Waals surface area contributed by atoms with Gasteiger partial charge in [-0.25, -0.2) is 10.1 Å². The van der Waals surface area contributed by atoms with Gasteiger partial charge in [-0.15, -0.1) is 0 Å². The van der Waals surface area contributed by atoms with Crippen LogP contribution in [0.15, 0.2) is 46.3 Å². The van der Waals surface area contributed by atoms with Crippen molar-refractivity contribution in [3.63, 3.8) is 0 Å². The highest BCUT2D eigenvalue weighted by molar-refractivity contribution is 6.05. The third kappa shape index (κ3) is 3.86. The molecule has 0 aliphatic rings. The molecule has 1 heterocycles. The summed E-state index contributed by atoms with van der Waals surface area (Å²) in [5, 5.41) is 9.40. The van der Waals surface area contributed by atoms with Gasteiger partial charge in [-0.05, 0) is 44.4 Å². The monoisotopic (exact) mass is 376 g/mol. The molecule has 0 fully saturated rings. The van der Waals surface area contributed by atoms with Gasteiger partial charge in [0.15, 0.2) is 5.69 Å². The van der Waals surface area contributed by atoms with Crippen LogP contribution in [0.4, 0.5) is 0 Å².